The third-order valence-electron chi connectivity index (χ3n) is 6.43. The summed E-state index contributed by atoms with van der Waals surface area (Å²) in [6.45, 7) is 4.11. The molecule has 29 heavy (non-hydrogen) atoms. The molecule has 0 saturated carbocycles. The van der Waals surface area contributed by atoms with E-state index in [4.69, 9.17) is 4.74 Å². The van der Waals surface area contributed by atoms with Gasteiger partial charge in [-0.25, -0.2) is 4.79 Å². The van der Waals surface area contributed by atoms with Gasteiger partial charge < -0.3 is 14.6 Å². The van der Waals surface area contributed by atoms with Crippen LogP contribution in [0.2, 0.25) is 0 Å². The summed E-state index contributed by atoms with van der Waals surface area (Å²) in [5.74, 6) is 0. The number of amides is 1. The number of carbonyl (C=O) groups is 1. The minimum absolute atomic E-state index is 0.147. The fourth-order valence-corrected chi connectivity index (χ4v) is 4.82. The molecule has 0 spiro atoms. The third-order valence-corrected chi connectivity index (χ3v) is 6.43. The van der Waals surface area contributed by atoms with Gasteiger partial charge in [-0.3, -0.25) is 4.90 Å². The molecule has 1 fully saturated rings. The monoisotopic (exact) mass is 389 g/mol. The van der Waals surface area contributed by atoms with Crippen LogP contribution in [0.1, 0.15) is 36.2 Å². The van der Waals surface area contributed by atoms with Crippen LogP contribution in [0.4, 0.5) is 10.5 Å². The van der Waals surface area contributed by atoms with E-state index in [1.165, 1.54) is 34.8 Å². The van der Waals surface area contributed by atoms with Crippen molar-refractivity contribution in [2.75, 3.05) is 25.1 Å². The lowest BCUT2D eigenvalue weighted by atomic mass is 9.94. The molecule has 1 atom stereocenters. The van der Waals surface area contributed by atoms with Crippen LogP contribution in [0, 0.1) is 0 Å². The SMILES string of the molecule is COC(=O)N1c2ccc3c(cc(Cc4ccccc4)n3C3CNC3)c2CC[C@@H]1C. The van der Waals surface area contributed by atoms with Crippen molar-refractivity contribution >= 4 is 22.7 Å². The summed E-state index contributed by atoms with van der Waals surface area (Å²) in [5, 5.41) is 4.69. The quantitative estimate of drug-likeness (QED) is 0.727. The van der Waals surface area contributed by atoms with Crippen molar-refractivity contribution in [1.29, 1.82) is 0 Å². The van der Waals surface area contributed by atoms with Gasteiger partial charge in [0.25, 0.3) is 0 Å². The van der Waals surface area contributed by atoms with Crippen LogP contribution >= 0.6 is 0 Å². The fraction of sp³-hybridized carbons (Fsp3) is 0.375. The predicted octanol–water partition coefficient (Wildman–Crippen LogP) is 4.28. The molecule has 5 nitrogen and oxygen atoms in total. The van der Waals surface area contributed by atoms with Crippen molar-refractivity contribution in [3.63, 3.8) is 0 Å². The summed E-state index contributed by atoms with van der Waals surface area (Å²) in [6, 6.07) is 17.9. The van der Waals surface area contributed by atoms with Crippen LogP contribution in [0.25, 0.3) is 10.9 Å². The molecule has 5 rings (SSSR count). The zero-order valence-electron chi connectivity index (χ0n) is 17.0. The molecule has 0 aliphatic carbocycles. The molecule has 150 valence electrons. The van der Waals surface area contributed by atoms with E-state index in [1.54, 1.807) is 0 Å². The normalized spacial score (nSPS) is 19.1. The van der Waals surface area contributed by atoms with Crippen molar-refractivity contribution in [2.45, 2.75) is 38.3 Å². The zero-order chi connectivity index (χ0) is 20.0. The van der Waals surface area contributed by atoms with E-state index in [-0.39, 0.29) is 12.1 Å². The lowest BCUT2D eigenvalue weighted by molar-refractivity contribution is 0.175. The molecule has 2 aliphatic rings. The highest BCUT2D eigenvalue weighted by Crippen LogP contribution is 2.39. The minimum atomic E-state index is -0.273. The molecule has 1 aromatic heterocycles. The van der Waals surface area contributed by atoms with Gasteiger partial charge in [0.05, 0.1) is 18.8 Å². The second kappa shape index (κ2) is 7.23. The first-order valence-corrected chi connectivity index (χ1v) is 10.4. The number of rotatable bonds is 3. The topological polar surface area (TPSA) is 46.5 Å². The van der Waals surface area contributed by atoms with E-state index in [0.717, 1.165) is 38.0 Å². The Hall–Kier alpha value is -2.79. The van der Waals surface area contributed by atoms with Crippen molar-refractivity contribution in [3.05, 3.63) is 65.4 Å². The molecule has 5 heteroatoms. The summed E-state index contributed by atoms with van der Waals surface area (Å²) in [5.41, 5.74) is 6.21. The Morgan fingerprint density at radius 2 is 1.97 bits per heavy atom. The minimum Gasteiger partial charge on any atom is -0.452 e. The Kier molecular flexibility index (Phi) is 4.55. The molecule has 0 unspecified atom stereocenters. The van der Waals surface area contributed by atoms with E-state index in [0.29, 0.717) is 6.04 Å². The van der Waals surface area contributed by atoms with Crippen LogP contribution in [0.3, 0.4) is 0 Å². The maximum absolute atomic E-state index is 12.4. The molecule has 3 aromatic rings. The van der Waals surface area contributed by atoms with Crippen LogP contribution in [0.15, 0.2) is 48.5 Å². The molecule has 1 saturated heterocycles. The molecule has 3 heterocycles. The van der Waals surface area contributed by atoms with Gasteiger partial charge in [-0.1, -0.05) is 30.3 Å². The molecule has 0 radical (unpaired) electrons. The molecule has 1 amide bonds. The van der Waals surface area contributed by atoms with E-state index in [1.807, 2.05) is 4.90 Å². The number of carbonyl (C=O) groups excluding carboxylic acids is 1. The van der Waals surface area contributed by atoms with Crippen LogP contribution in [-0.2, 0) is 17.6 Å². The summed E-state index contributed by atoms with van der Waals surface area (Å²) in [4.78, 5) is 14.3. The number of nitrogens with one attached hydrogen (secondary N) is 1. The molecule has 1 N–H and O–H groups in total. The van der Waals surface area contributed by atoms with E-state index in [9.17, 15) is 4.79 Å². The molecule has 2 aromatic carbocycles. The summed E-state index contributed by atoms with van der Waals surface area (Å²) in [6.07, 6.45) is 2.58. The maximum Gasteiger partial charge on any atom is 0.414 e. The first-order valence-electron chi connectivity index (χ1n) is 10.4. The summed E-state index contributed by atoms with van der Waals surface area (Å²) >= 11 is 0. The van der Waals surface area contributed by atoms with Crippen molar-refractivity contribution in [3.8, 4) is 0 Å². The average molecular weight is 389 g/mol. The predicted molar refractivity (Wildman–Crippen MR) is 116 cm³/mol. The summed E-state index contributed by atoms with van der Waals surface area (Å²) < 4.78 is 7.59. The number of anilines is 1. The number of hydrogen-bond acceptors (Lipinski definition) is 3. The zero-order valence-corrected chi connectivity index (χ0v) is 17.0. The highest BCUT2D eigenvalue weighted by atomic mass is 16.5. The molecule has 0 bridgehead atoms. The van der Waals surface area contributed by atoms with E-state index < -0.39 is 0 Å². The lowest BCUT2D eigenvalue weighted by Crippen LogP contribution is -2.44. The van der Waals surface area contributed by atoms with Gasteiger partial charge in [-0.05, 0) is 49.1 Å². The number of fused-ring (bicyclic) bond motifs is 3. The van der Waals surface area contributed by atoms with Gasteiger partial charge in [0.2, 0.25) is 0 Å². The van der Waals surface area contributed by atoms with Gasteiger partial charge >= 0.3 is 6.09 Å². The second-order valence-corrected chi connectivity index (χ2v) is 8.20. The van der Waals surface area contributed by atoms with E-state index in [2.05, 4.69) is 65.3 Å². The highest BCUT2D eigenvalue weighted by Gasteiger charge is 2.32. The number of aromatic nitrogens is 1. The average Bonchev–Trinajstić information content (AvgIpc) is 3.05. The number of methoxy groups -OCH3 is 1. The molecular weight excluding hydrogens is 362 g/mol. The highest BCUT2D eigenvalue weighted by molar-refractivity contribution is 5.97. The number of benzene rings is 2. The lowest BCUT2D eigenvalue weighted by Gasteiger charge is -2.35. The Balaban J connectivity index is 1.66. The Morgan fingerprint density at radius 3 is 2.66 bits per heavy atom. The molecular formula is C24H27N3O2. The number of ether oxygens (including phenoxy) is 1. The van der Waals surface area contributed by atoms with Gasteiger partial charge in [0, 0.05) is 42.1 Å². The Morgan fingerprint density at radius 1 is 1.17 bits per heavy atom. The van der Waals surface area contributed by atoms with Crippen molar-refractivity contribution in [1.82, 2.24) is 9.88 Å². The van der Waals surface area contributed by atoms with E-state index >= 15 is 0 Å². The van der Waals surface area contributed by atoms with Gasteiger partial charge in [-0.2, -0.15) is 0 Å². The Bertz CT molecular complexity index is 1050. The van der Waals surface area contributed by atoms with Crippen molar-refractivity contribution < 1.29 is 9.53 Å². The standard InChI is InChI=1S/C24H27N3O2/c1-16-8-9-20-21-13-18(12-17-6-4-3-5-7-17)27(19-14-25-15-19)23(21)11-10-22(20)26(16)24(28)29-2/h3-7,10-11,13,16,19,25H,8-9,12,14-15H2,1-2H3/t16-/m0/s1. The second-order valence-electron chi connectivity index (χ2n) is 8.20. The third kappa shape index (κ3) is 3.01. The number of aryl methyl sites for hydroxylation is 1. The first-order chi connectivity index (χ1) is 14.2. The van der Waals surface area contributed by atoms with Crippen LogP contribution in [-0.4, -0.2) is 36.9 Å². The smallest absolute Gasteiger partial charge is 0.414 e. The van der Waals surface area contributed by atoms with Crippen LogP contribution < -0.4 is 10.2 Å². The van der Waals surface area contributed by atoms with Gasteiger partial charge in [-0.15, -0.1) is 0 Å². The number of nitrogens with zero attached hydrogens (tertiary/aromatic N) is 2. The number of hydrogen-bond donors (Lipinski definition) is 1. The van der Waals surface area contributed by atoms with Crippen LogP contribution in [0.5, 0.6) is 0 Å². The maximum atomic E-state index is 12.4. The first kappa shape index (κ1) is 18.3. The van der Waals surface area contributed by atoms with Crippen molar-refractivity contribution in [2.24, 2.45) is 0 Å². The largest absolute Gasteiger partial charge is 0.452 e. The molecule has 2 aliphatic heterocycles. The Labute approximate surface area is 171 Å². The fourth-order valence-electron chi connectivity index (χ4n) is 4.82. The summed E-state index contributed by atoms with van der Waals surface area (Å²) in [7, 11) is 1.46. The van der Waals surface area contributed by atoms with Gasteiger partial charge in [0.15, 0.2) is 0 Å². The van der Waals surface area contributed by atoms with Gasteiger partial charge in [0.1, 0.15) is 0 Å².